The van der Waals surface area contributed by atoms with Crippen molar-refractivity contribution in [1.82, 2.24) is 4.98 Å². The van der Waals surface area contributed by atoms with Crippen LogP contribution in [0.1, 0.15) is 0 Å². The maximum atomic E-state index is 10.3. The van der Waals surface area contributed by atoms with Crippen LogP contribution in [0.25, 0.3) is 0 Å². The van der Waals surface area contributed by atoms with Crippen molar-refractivity contribution < 1.29 is 13.2 Å². The second-order valence-electron chi connectivity index (χ2n) is 2.23. The van der Waals surface area contributed by atoms with E-state index < -0.39 is 10.7 Å². The molecule has 1 rings (SSSR count). The minimum atomic E-state index is -2.44. The minimum absolute atomic E-state index is 0.114. The van der Waals surface area contributed by atoms with E-state index in [1.807, 2.05) is 0 Å². The van der Waals surface area contributed by atoms with Gasteiger partial charge in [-0.2, -0.15) is 0 Å². The fraction of sp³-hybridized carbons (Fsp3) is 0.286. The summed E-state index contributed by atoms with van der Waals surface area (Å²) in [4.78, 5) is 3.89. The van der Waals surface area contributed by atoms with Gasteiger partial charge in [0.1, 0.15) is 5.88 Å². The Hall–Kier alpha value is -1.30. The molecular formula is C7H10N2O3S. The van der Waals surface area contributed by atoms with Crippen molar-refractivity contribution in [3.63, 3.8) is 0 Å². The van der Waals surface area contributed by atoms with Crippen molar-refractivity contribution >= 4 is 16.4 Å². The molecule has 0 aromatic carbocycles. The van der Waals surface area contributed by atoms with E-state index in [4.69, 9.17) is 4.74 Å². The Morgan fingerprint density at radius 2 is 2.38 bits per heavy atom. The Labute approximate surface area is 77.7 Å². The highest BCUT2D eigenvalue weighted by Crippen LogP contribution is 2.18. The molecule has 0 aliphatic carbocycles. The van der Waals surface area contributed by atoms with Gasteiger partial charge in [0.2, 0.25) is 5.88 Å². The van der Waals surface area contributed by atoms with E-state index in [1.165, 1.54) is 7.11 Å². The maximum Gasteiger partial charge on any atom is 0.237 e. The first-order valence-corrected chi connectivity index (χ1v) is 4.95. The summed E-state index contributed by atoms with van der Waals surface area (Å²) in [6.45, 7) is 0. The van der Waals surface area contributed by atoms with E-state index >= 15 is 0 Å². The van der Waals surface area contributed by atoms with Crippen molar-refractivity contribution in [2.45, 2.75) is 0 Å². The Kier molecular flexibility index (Phi) is 3.51. The van der Waals surface area contributed by atoms with Crippen LogP contribution < -0.4 is 10.1 Å². The van der Waals surface area contributed by atoms with Crippen LogP contribution in [0.4, 0.5) is 5.69 Å². The van der Waals surface area contributed by atoms with E-state index in [9.17, 15) is 8.42 Å². The summed E-state index contributed by atoms with van der Waals surface area (Å²) in [7, 11) is -0.959. The molecule has 0 aliphatic rings. The number of hydrogen-bond donors (Lipinski definition) is 2. The molecule has 0 fully saturated rings. The topological polar surface area (TPSA) is 68.3 Å². The molecule has 0 amide bonds. The molecule has 0 aliphatic heterocycles. The average Bonchev–Trinajstić information content (AvgIpc) is 2.15. The van der Waals surface area contributed by atoms with E-state index in [0.717, 1.165) is 0 Å². The first kappa shape index (κ1) is 9.79. The quantitative estimate of drug-likeness (QED) is 0.676. The van der Waals surface area contributed by atoms with Gasteiger partial charge in [0.15, 0.2) is 10.7 Å². The van der Waals surface area contributed by atoms with Crippen LogP contribution in [0.3, 0.4) is 0 Å². The number of thiol groups is 1. The van der Waals surface area contributed by atoms with Gasteiger partial charge in [-0.25, -0.2) is 13.4 Å². The number of nitrogens with zero attached hydrogens (tertiary/aromatic N) is 1. The van der Waals surface area contributed by atoms with Gasteiger partial charge in [-0.3, -0.25) is 0 Å². The van der Waals surface area contributed by atoms with Crippen molar-refractivity contribution in [3.05, 3.63) is 18.3 Å². The van der Waals surface area contributed by atoms with Gasteiger partial charge < -0.3 is 10.1 Å². The Morgan fingerprint density at radius 1 is 1.62 bits per heavy atom. The molecular weight excluding hydrogens is 192 g/mol. The van der Waals surface area contributed by atoms with Crippen LogP contribution in [0.5, 0.6) is 5.88 Å². The number of methoxy groups -OCH3 is 1. The van der Waals surface area contributed by atoms with E-state index in [1.54, 1.807) is 18.3 Å². The molecule has 1 N–H and O–H groups in total. The van der Waals surface area contributed by atoms with Gasteiger partial charge in [0.05, 0.1) is 12.8 Å². The summed E-state index contributed by atoms with van der Waals surface area (Å²) in [5, 5.41) is 2.68. The molecule has 0 saturated carbocycles. The van der Waals surface area contributed by atoms with Crippen molar-refractivity contribution in [1.29, 1.82) is 0 Å². The second kappa shape index (κ2) is 4.66. The van der Waals surface area contributed by atoms with Gasteiger partial charge in [0, 0.05) is 6.20 Å². The van der Waals surface area contributed by atoms with Gasteiger partial charge >= 0.3 is 0 Å². The monoisotopic (exact) mass is 202 g/mol. The Balaban J connectivity index is 2.75. The van der Waals surface area contributed by atoms with Crippen LogP contribution in [0, 0.1) is 0 Å². The van der Waals surface area contributed by atoms with Crippen molar-refractivity contribution in [3.8, 4) is 5.88 Å². The number of nitrogens with one attached hydrogen (secondary N) is 1. The first-order valence-electron chi connectivity index (χ1n) is 3.58. The summed E-state index contributed by atoms with van der Waals surface area (Å²) in [6, 6.07) is 3.40. The standard InChI is InChI=1S/C7H10N2O3S/c1-12-7-6(3-2-4-8-7)9-5-13(10)11/h2-4,9,13H,5H2,1H3. The molecule has 1 aromatic heterocycles. The number of rotatable bonds is 4. The lowest BCUT2D eigenvalue weighted by Gasteiger charge is -2.06. The first-order chi connectivity index (χ1) is 6.24. The third kappa shape index (κ3) is 2.90. The Bertz CT molecular complexity index is 343. The fourth-order valence-electron chi connectivity index (χ4n) is 0.838. The third-order valence-electron chi connectivity index (χ3n) is 1.36. The number of ether oxygens (including phenoxy) is 1. The smallest absolute Gasteiger partial charge is 0.237 e. The van der Waals surface area contributed by atoms with Gasteiger partial charge in [0.25, 0.3) is 0 Å². The normalized spacial score (nSPS) is 10.0. The summed E-state index contributed by atoms with van der Waals surface area (Å²) >= 11 is 0. The lowest BCUT2D eigenvalue weighted by molar-refractivity contribution is 0.400. The molecule has 5 nitrogen and oxygen atoms in total. The minimum Gasteiger partial charge on any atom is -0.480 e. The van der Waals surface area contributed by atoms with Crippen LogP contribution in [-0.4, -0.2) is 26.4 Å². The van der Waals surface area contributed by atoms with Crippen LogP contribution in [0.15, 0.2) is 18.3 Å². The molecule has 13 heavy (non-hydrogen) atoms. The zero-order valence-electron chi connectivity index (χ0n) is 7.06. The number of aromatic nitrogens is 1. The van der Waals surface area contributed by atoms with Crippen LogP contribution in [-0.2, 0) is 10.7 Å². The molecule has 1 aromatic rings. The predicted molar refractivity (Wildman–Crippen MR) is 49.6 cm³/mol. The van der Waals surface area contributed by atoms with Crippen molar-refractivity contribution in [2.75, 3.05) is 18.3 Å². The van der Waals surface area contributed by atoms with Gasteiger partial charge in [-0.05, 0) is 12.1 Å². The molecule has 6 heteroatoms. The molecule has 72 valence electrons. The molecule has 1 heterocycles. The lowest BCUT2D eigenvalue weighted by Crippen LogP contribution is -2.04. The van der Waals surface area contributed by atoms with Gasteiger partial charge in [-0.15, -0.1) is 0 Å². The van der Waals surface area contributed by atoms with Crippen LogP contribution >= 0.6 is 0 Å². The zero-order valence-corrected chi connectivity index (χ0v) is 7.95. The molecule has 0 atom stereocenters. The molecule has 0 spiro atoms. The highest BCUT2D eigenvalue weighted by atomic mass is 32.2. The second-order valence-corrected chi connectivity index (χ2v) is 3.21. The summed E-state index contributed by atoms with van der Waals surface area (Å²) in [5.41, 5.74) is 0.573. The summed E-state index contributed by atoms with van der Waals surface area (Å²) in [5.74, 6) is 0.275. The number of anilines is 1. The third-order valence-corrected chi connectivity index (χ3v) is 1.78. The molecule has 0 unspecified atom stereocenters. The molecule has 0 bridgehead atoms. The SMILES string of the molecule is COc1ncccc1NC[SH](=O)=O. The highest BCUT2D eigenvalue weighted by molar-refractivity contribution is 7.72. The molecule has 0 radical (unpaired) electrons. The number of pyridine rings is 1. The maximum absolute atomic E-state index is 10.3. The van der Waals surface area contributed by atoms with E-state index in [2.05, 4.69) is 10.3 Å². The largest absolute Gasteiger partial charge is 0.480 e. The van der Waals surface area contributed by atoms with E-state index in [0.29, 0.717) is 11.6 Å². The predicted octanol–water partition coefficient (Wildman–Crippen LogP) is 0.0710. The highest BCUT2D eigenvalue weighted by Gasteiger charge is 2.01. The Morgan fingerprint density at radius 3 is 3.00 bits per heavy atom. The molecule has 0 saturated heterocycles. The summed E-state index contributed by atoms with van der Waals surface area (Å²) in [6.07, 6.45) is 1.57. The number of hydrogen-bond acceptors (Lipinski definition) is 5. The fourth-order valence-corrected chi connectivity index (χ4v) is 1.14. The van der Waals surface area contributed by atoms with Crippen LogP contribution in [0.2, 0.25) is 0 Å². The average molecular weight is 202 g/mol. The van der Waals surface area contributed by atoms with Gasteiger partial charge in [-0.1, -0.05) is 0 Å². The van der Waals surface area contributed by atoms with E-state index in [-0.39, 0.29) is 5.88 Å². The summed E-state index contributed by atoms with van der Waals surface area (Å²) < 4.78 is 25.5. The zero-order chi connectivity index (χ0) is 9.68. The van der Waals surface area contributed by atoms with Crippen molar-refractivity contribution in [2.24, 2.45) is 0 Å². The lowest BCUT2D eigenvalue weighted by atomic mass is 10.4.